The number of carbonyl (C=O) groups excluding carboxylic acids is 2. The molecule has 28 heavy (non-hydrogen) atoms. The van der Waals surface area contributed by atoms with Crippen LogP contribution in [0, 0.1) is 5.41 Å². The Morgan fingerprint density at radius 1 is 1.25 bits per heavy atom. The van der Waals surface area contributed by atoms with Crippen LogP contribution in [0.2, 0.25) is 0 Å². The van der Waals surface area contributed by atoms with E-state index in [4.69, 9.17) is 0 Å². The molecule has 0 bridgehead atoms. The molecule has 0 radical (unpaired) electrons. The van der Waals surface area contributed by atoms with Crippen LogP contribution in [0.15, 0.2) is 24.3 Å². The van der Waals surface area contributed by atoms with E-state index in [1.54, 1.807) is 19.0 Å². The predicted molar refractivity (Wildman–Crippen MR) is 96.8 cm³/mol. The summed E-state index contributed by atoms with van der Waals surface area (Å²) in [5.74, 6) is -0.568. The zero-order chi connectivity index (χ0) is 20.7. The van der Waals surface area contributed by atoms with E-state index in [1.165, 1.54) is 12.1 Å². The molecule has 1 saturated carbocycles. The van der Waals surface area contributed by atoms with Crippen molar-refractivity contribution in [1.82, 2.24) is 20.9 Å². The highest BCUT2D eigenvalue weighted by molar-refractivity contribution is 5.89. The molecule has 0 aromatic heterocycles. The standard InChI is InChI=1S/C19H25F3N4O2/c1-18(8-9-18)15(11-4-6-12(7-5-11)19(20,21)22)25-16(28)13-10-14(27)24-17(23-13)26(2)3/h4-7,13,15,17,23H,8-10H2,1-3H3,(H,24,27)(H,25,28)/t13?,15-,17?/m0/s1. The van der Waals surface area contributed by atoms with Gasteiger partial charge in [-0.3, -0.25) is 19.8 Å². The van der Waals surface area contributed by atoms with Crippen LogP contribution in [-0.4, -0.2) is 43.1 Å². The summed E-state index contributed by atoms with van der Waals surface area (Å²) in [6.07, 6.45) is -3.11. The molecule has 1 aromatic carbocycles. The summed E-state index contributed by atoms with van der Waals surface area (Å²) < 4.78 is 38.5. The molecule has 1 heterocycles. The normalized spacial score (nSPS) is 25.2. The third kappa shape index (κ3) is 4.47. The van der Waals surface area contributed by atoms with Crippen LogP contribution in [0.4, 0.5) is 13.2 Å². The van der Waals surface area contributed by atoms with Gasteiger partial charge in [-0.1, -0.05) is 19.1 Å². The molecule has 154 valence electrons. The van der Waals surface area contributed by atoms with Crippen molar-refractivity contribution >= 4 is 11.8 Å². The number of alkyl halides is 3. The molecule has 1 saturated heterocycles. The van der Waals surface area contributed by atoms with Gasteiger partial charge in [0.1, 0.15) is 6.29 Å². The van der Waals surface area contributed by atoms with E-state index in [1.807, 2.05) is 6.92 Å². The summed E-state index contributed by atoms with van der Waals surface area (Å²) in [6, 6.07) is 3.79. The number of hydrogen-bond acceptors (Lipinski definition) is 4. The molecule has 9 heteroatoms. The fraction of sp³-hybridized carbons (Fsp3) is 0.579. The monoisotopic (exact) mass is 398 g/mol. The van der Waals surface area contributed by atoms with Gasteiger partial charge in [0.25, 0.3) is 0 Å². The van der Waals surface area contributed by atoms with Gasteiger partial charge < -0.3 is 10.6 Å². The zero-order valence-corrected chi connectivity index (χ0v) is 16.1. The second kappa shape index (κ2) is 7.36. The Balaban J connectivity index is 1.76. The summed E-state index contributed by atoms with van der Waals surface area (Å²) in [5.41, 5.74) is -0.291. The molecule has 3 rings (SSSR count). The summed E-state index contributed by atoms with van der Waals surface area (Å²) in [4.78, 5) is 26.5. The van der Waals surface area contributed by atoms with Crippen LogP contribution >= 0.6 is 0 Å². The van der Waals surface area contributed by atoms with Gasteiger partial charge in [0.15, 0.2) is 0 Å². The Morgan fingerprint density at radius 3 is 2.36 bits per heavy atom. The molecule has 1 aliphatic heterocycles. The number of carbonyl (C=O) groups is 2. The fourth-order valence-corrected chi connectivity index (χ4v) is 3.39. The van der Waals surface area contributed by atoms with Gasteiger partial charge in [-0.25, -0.2) is 0 Å². The molecule has 6 nitrogen and oxygen atoms in total. The van der Waals surface area contributed by atoms with Gasteiger partial charge in [0.05, 0.1) is 24.1 Å². The van der Waals surface area contributed by atoms with Gasteiger partial charge in [-0.05, 0) is 50.0 Å². The van der Waals surface area contributed by atoms with E-state index in [9.17, 15) is 22.8 Å². The largest absolute Gasteiger partial charge is 0.416 e. The number of benzene rings is 1. The van der Waals surface area contributed by atoms with Gasteiger partial charge in [0.2, 0.25) is 11.8 Å². The third-order valence-corrected chi connectivity index (χ3v) is 5.47. The lowest BCUT2D eigenvalue weighted by molar-refractivity contribution is -0.137. The van der Waals surface area contributed by atoms with E-state index < -0.39 is 30.1 Å². The van der Waals surface area contributed by atoms with E-state index in [0.29, 0.717) is 5.56 Å². The highest BCUT2D eigenvalue weighted by atomic mass is 19.4. The van der Waals surface area contributed by atoms with Crippen molar-refractivity contribution in [3.05, 3.63) is 35.4 Å². The van der Waals surface area contributed by atoms with Crippen molar-refractivity contribution in [2.45, 2.75) is 50.7 Å². The molecular weight excluding hydrogens is 373 g/mol. The first-order valence-corrected chi connectivity index (χ1v) is 9.19. The Bertz CT molecular complexity index is 745. The molecule has 2 fully saturated rings. The lowest BCUT2D eigenvalue weighted by Gasteiger charge is -2.36. The highest BCUT2D eigenvalue weighted by Gasteiger charge is 2.47. The maximum atomic E-state index is 12.8. The van der Waals surface area contributed by atoms with E-state index in [-0.39, 0.29) is 23.7 Å². The lowest BCUT2D eigenvalue weighted by atomic mass is 9.90. The highest BCUT2D eigenvalue weighted by Crippen LogP contribution is 2.54. The topological polar surface area (TPSA) is 73.5 Å². The number of rotatable bonds is 5. The Kier molecular flexibility index (Phi) is 5.42. The number of amides is 2. The minimum absolute atomic E-state index is 0.00657. The van der Waals surface area contributed by atoms with Crippen molar-refractivity contribution in [2.24, 2.45) is 5.41 Å². The molecule has 3 N–H and O–H groups in total. The first-order valence-electron chi connectivity index (χ1n) is 9.19. The van der Waals surface area contributed by atoms with Crippen LogP contribution < -0.4 is 16.0 Å². The SMILES string of the molecule is CN(C)C1NC(=O)CC(C(=O)N[C@@H](c2ccc(C(F)(F)F)cc2)C2(C)CC2)N1. The maximum Gasteiger partial charge on any atom is 0.416 e. The van der Waals surface area contributed by atoms with Gasteiger partial charge >= 0.3 is 6.18 Å². The minimum atomic E-state index is -4.40. The van der Waals surface area contributed by atoms with Crippen molar-refractivity contribution in [2.75, 3.05) is 14.1 Å². The molecule has 2 aliphatic rings. The molecule has 2 unspecified atom stereocenters. The minimum Gasteiger partial charge on any atom is -0.347 e. The van der Waals surface area contributed by atoms with Crippen molar-refractivity contribution in [1.29, 1.82) is 0 Å². The number of nitrogens with zero attached hydrogens (tertiary/aromatic N) is 1. The van der Waals surface area contributed by atoms with Crippen LogP contribution in [0.5, 0.6) is 0 Å². The molecule has 1 aromatic rings. The van der Waals surface area contributed by atoms with E-state index >= 15 is 0 Å². The average molecular weight is 398 g/mol. The Labute approximate surface area is 161 Å². The van der Waals surface area contributed by atoms with E-state index in [0.717, 1.165) is 25.0 Å². The summed E-state index contributed by atoms with van der Waals surface area (Å²) >= 11 is 0. The van der Waals surface area contributed by atoms with Crippen molar-refractivity contribution in [3.8, 4) is 0 Å². The summed E-state index contributed by atoms with van der Waals surface area (Å²) in [6.45, 7) is 2.00. The molecule has 1 aliphatic carbocycles. The second-order valence-corrected chi connectivity index (χ2v) is 8.07. The molecule has 3 atom stereocenters. The van der Waals surface area contributed by atoms with Crippen LogP contribution in [0.3, 0.4) is 0 Å². The Hall–Kier alpha value is -2.13. The number of nitrogens with one attached hydrogen (secondary N) is 3. The quantitative estimate of drug-likeness (QED) is 0.709. The Morgan fingerprint density at radius 2 is 1.86 bits per heavy atom. The van der Waals surface area contributed by atoms with Crippen molar-refractivity contribution in [3.63, 3.8) is 0 Å². The number of hydrogen-bond donors (Lipinski definition) is 3. The molecule has 0 spiro atoms. The first kappa shape index (κ1) is 20.6. The molecular formula is C19H25F3N4O2. The lowest BCUT2D eigenvalue weighted by Crippen LogP contribution is -2.65. The van der Waals surface area contributed by atoms with Gasteiger partial charge in [-0.2, -0.15) is 13.2 Å². The second-order valence-electron chi connectivity index (χ2n) is 8.07. The molecule has 2 amide bonds. The maximum absolute atomic E-state index is 12.8. The smallest absolute Gasteiger partial charge is 0.347 e. The number of halogens is 3. The average Bonchev–Trinajstić information content (AvgIpc) is 3.36. The first-order chi connectivity index (χ1) is 13.0. The summed E-state index contributed by atoms with van der Waals surface area (Å²) in [5, 5.41) is 8.77. The van der Waals surface area contributed by atoms with Crippen molar-refractivity contribution < 1.29 is 22.8 Å². The van der Waals surface area contributed by atoms with Crippen LogP contribution in [-0.2, 0) is 15.8 Å². The summed E-state index contributed by atoms with van der Waals surface area (Å²) in [7, 11) is 3.54. The zero-order valence-electron chi connectivity index (χ0n) is 16.1. The van der Waals surface area contributed by atoms with E-state index in [2.05, 4.69) is 16.0 Å². The van der Waals surface area contributed by atoms with Crippen LogP contribution in [0.25, 0.3) is 0 Å². The van der Waals surface area contributed by atoms with Crippen LogP contribution in [0.1, 0.15) is 43.4 Å². The third-order valence-electron chi connectivity index (χ3n) is 5.47. The van der Waals surface area contributed by atoms with Gasteiger partial charge in [-0.15, -0.1) is 0 Å². The fourth-order valence-electron chi connectivity index (χ4n) is 3.39. The predicted octanol–water partition coefficient (Wildman–Crippen LogP) is 1.99. The van der Waals surface area contributed by atoms with Gasteiger partial charge in [0, 0.05) is 0 Å².